The molecule has 94 valence electrons. The Morgan fingerprint density at radius 1 is 1.56 bits per heavy atom. The van der Waals surface area contributed by atoms with Crippen LogP contribution in [-0.2, 0) is 9.63 Å². The van der Waals surface area contributed by atoms with Gasteiger partial charge in [0, 0.05) is 12.6 Å². The van der Waals surface area contributed by atoms with E-state index < -0.39 is 18.2 Å². The zero-order valence-corrected chi connectivity index (χ0v) is 8.38. The lowest BCUT2D eigenvalue weighted by atomic mass is 10.1. The monoisotopic (exact) mass is 242 g/mol. The lowest BCUT2D eigenvalue weighted by Gasteiger charge is -2.25. The molecule has 1 heterocycles. The Bertz CT molecular complexity index is 241. The maximum absolute atomic E-state index is 12.2. The predicted molar refractivity (Wildman–Crippen MR) is 47.6 cm³/mol. The molecule has 1 aliphatic heterocycles. The Balaban J connectivity index is 2.40. The van der Waals surface area contributed by atoms with E-state index in [1.165, 1.54) is 0 Å². The van der Waals surface area contributed by atoms with Crippen LogP contribution in [0.15, 0.2) is 0 Å². The van der Waals surface area contributed by atoms with Crippen molar-refractivity contribution in [1.29, 1.82) is 0 Å². The summed E-state index contributed by atoms with van der Waals surface area (Å²) in [5, 5.41) is 11.3. The number of halogens is 3. The van der Waals surface area contributed by atoms with E-state index in [1.807, 2.05) is 0 Å². The van der Waals surface area contributed by atoms with Gasteiger partial charge in [0.05, 0.1) is 0 Å². The summed E-state index contributed by atoms with van der Waals surface area (Å²) in [4.78, 5) is 14.5. The number of carboxylic acids is 1. The van der Waals surface area contributed by atoms with Crippen LogP contribution in [0.2, 0.25) is 0 Å². The molecule has 16 heavy (non-hydrogen) atoms. The molecule has 0 bridgehead atoms. The van der Waals surface area contributed by atoms with Crippen molar-refractivity contribution in [3.8, 4) is 0 Å². The van der Waals surface area contributed by atoms with Crippen molar-refractivity contribution in [2.24, 2.45) is 0 Å². The number of nitrogens with one attached hydrogen (secondary N) is 2. The van der Waals surface area contributed by atoms with Crippen molar-refractivity contribution in [1.82, 2.24) is 10.8 Å². The van der Waals surface area contributed by atoms with E-state index in [4.69, 9.17) is 5.11 Å². The van der Waals surface area contributed by atoms with Crippen LogP contribution in [0.25, 0.3) is 0 Å². The fourth-order valence-electron chi connectivity index (χ4n) is 1.37. The van der Waals surface area contributed by atoms with E-state index in [1.54, 1.807) is 0 Å². The van der Waals surface area contributed by atoms with Crippen LogP contribution < -0.4 is 10.8 Å². The number of carboxylic acid groups (broad SMARTS) is 1. The Labute approximate surface area is 89.9 Å². The minimum Gasteiger partial charge on any atom is -0.479 e. The summed E-state index contributed by atoms with van der Waals surface area (Å²) in [7, 11) is 0. The van der Waals surface area contributed by atoms with Gasteiger partial charge in [-0.15, -0.1) is 0 Å². The predicted octanol–water partition coefficient (Wildman–Crippen LogP) is 0.275. The maximum Gasteiger partial charge on any atom is 0.427 e. The topological polar surface area (TPSA) is 70.6 Å². The average Bonchev–Trinajstić information content (AvgIpc) is 2.17. The first-order valence-electron chi connectivity index (χ1n) is 4.82. The molecule has 1 rings (SSSR count). The van der Waals surface area contributed by atoms with E-state index >= 15 is 0 Å². The normalized spacial score (nSPS) is 24.1. The molecular weight excluding hydrogens is 229 g/mol. The molecule has 1 fully saturated rings. The third-order valence-corrected chi connectivity index (χ3v) is 2.17. The second kappa shape index (κ2) is 5.46. The lowest BCUT2D eigenvalue weighted by Crippen LogP contribution is -2.49. The number of aliphatic carboxylic acids is 1. The van der Waals surface area contributed by atoms with Gasteiger partial charge in [-0.2, -0.15) is 18.7 Å². The van der Waals surface area contributed by atoms with Crippen molar-refractivity contribution in [2.75, 3.05) is 13.1 Å². The lowest BCUT2D eigenvalue weighted by molar-refractivity contribution is -0.244. The van der Waals surface area contributed by atoms with Crippen LogP contribution in [0.4, 0.5) is 13.2 Å². The highest BCUT2D eigenvalue weighted by molar-refractivity contribution is 5.73. The summed E-state index contributed by atoms with van der Waals surface area (Å²) >= 11 is 0. The van der Waals surface area contributed by atoms with Crippen LogP contribution in [0.3, 0.4) is 0 Å². The molecule has 0 amide bonds. The zero-order chi connectivity index (χ0) is 12.2. The van der Waals surface area contributed by atoms with Crippen molar-refractivity contribution in [3.63, 3.8) is 0 Å². The van der Waals surface area contributed by atoms with Crippen LogP contribution in [0.5, 0.6) is 0 Å². The number of carbonyl (C=O) groups is 1. The molecule has 0 aromatic rings. The highest BCUT2D eigenvalue weighted by atomic mass is 19.4. The molecule has 1 saturated heterocycles. The molecule has 2 unspecified atom stereocenters. The third kappa shape index (κ3) is 3.95. The summed E-state index contributed by atoms with van der Waals surface area (Å²) < 4.78 is 36.5. The van der Waals surface area contributed by atoms with Crippen LogP contribution in [-0.4, -0.2) is 42.5 Å². The molecule has 8 heteroatoms. The van der Waals surface area contributed by atoms with E-state index in [0.29, 0.717) is 13.0 Å². The first-order chi connectivity index (χ1) is 7.41. The highest BCUT2D eigenvalue weighted by Crippen LogP contribution is 2.22. The van der Waals surface area contributed by atoms with Gasteiger partial charge in [0.15, 0.2) is 0 Å². The molecule has 0 aromatic carbocycles. The van der Waals surface area contributed by atoms with Gasteiger partial charge in [0.25, 0.3) is 6.10 Å². The highest BCUT2D eigenvalue weighted by Gasteiger charge is 2.47. The van der Waals surface area contributed by atoms with Crippen LogP contribution in [0.1, 0.15) is 12.8 Å². The molecule has 3 N–H and O–H groups in total. The Morgan fingerprint density at radius 2 is 2.25 bits per heavy atom. The smallest absolute Gasteiger partial charge is 0.427 e. The van der Waals surface area contributed by atoms with E-state index in [2.05, 4.69) is 15.6 Å². The largest absolute Gasteiger partial charge is 0.479 e. The quantitative estimate of drug-likeness (QED) is 0.617. The minimum absolute atomic E-state index is 0.294. The summed E-state index contributed by atoms with van der Waals surface area (Å²) in [6, 6.07) is -0.294. The molecule has 0 saturated carbocycles. The Kier molecular flexibility index (Phi) is 4.51. The number of alkyl halides is 3. The second-order valence-electron chi connectivity index (χ2n) is 3.54. The fraction of sp³-hybridized carbons (Fsp3) is 0.875. The standard InChI is InChI=1S/C8H13F3N2O3/c9-8(10,11)6(7(14)15)16-13-5-2-1-3-12-4-5/h5-6,12-13H,1-4H2,(H,14,15). The summed E-state index contributed by atoms with van der Waals surface area (Å²) in [6.45, 7) is 1.27. The van der Waals surface area contributed by atoms with Gasteiger partial charge in [-0.1, -0.05) is 0 Å². The molecular formula is C8H13F3N2O3. The molecule has 0 spiro atoms. The molecule has 0 radical (unpaired) electrons. The molecule has 2 atom stereocenters. The molecule has 5 nitrogen and oxygen atoms in total. The van der Waals surface area contributed by atoms with E-state index in [-0.39, 0.29) is 6.04 Å². The number of hydrogen-bond donors (Lipinski definition) is 3. The van der Waals surface area contributed by atoms with Gasteiger partial charge < -0.3 is 10.4 Å². The van der Waals surface area contributed by atoms with Gasteiger partial charge in [-0.3, -0.25) is 4.84 Å². The van der Waals surface area contributed by atoms with E-state index in [0.717, 1.165) is 13.0 Å². The first kappa shape index (κ1) is 13.2. The molecule has 1 aliphatic rings. The number of hydroxylamine groups is 1. The molecule has 0 aromatic heterocycles. The Hall–Kier alpha value is -0.860. The number of piperidine rings is 1. The van der Waals surface area contributed by atoms with E-state index in [9.17, 15) is 18.0 Å². The first-order valence-corrected chi connectivity index (χ1v) is 4.82. The van der Waals surface area contributed by atoms with Gasteiger partial charge >= 0.3 is 12.1 Å². The van der Waals surface area contributed by atoms with Gasteiger partial charge in [0.1, 0.15) is 0 Å². The number of hydrogen-bond acceptors (Lipinski definition) is 4. The van der Waals surface area contributed by atoms with Crippen LogP contribution in [0, 0.1) is 0 Å². The third-order valence-electron chi connectivity index (χ3n) is 2.17. The summed E-state index contributed by atoms with van der Waals surface area (Å²) in [5.41, 5.74) is 2.15. The van der Waals surface area contributed by atoms with Gasteiger partial charge in [0.2, 0.25) is 0 Å². The maximum atomic E-state index is 12.2. The van der Waals surface area contributed by atoms with Gasteiger partial charge in [-0.05, 0) is 19.4 Å². The fourth-order valence-corrected chi connectivity index (χ4v) is 1.37. The summed E-state index contributed by atoms with van der Waals surface area (Å²) in [5.74, 6) is -2.05. The Morgan fingerprint density at radius 3 is 2.69 bits per heavy atom. The second-order valence-corrected chi connectivity index (χ2v) is 3.54. The van der Waals surface area contributed by atoms with Crippen molar-refractivity contribution >= 4 is 5.97 Å². The average molecular weight is 242 g/mol. The minimum atomic E-state index is -4.92. The van der Waals surface area contributed by atoms with Crippen molar-refractivity contribution < 1.29 is 27.9 Å². The number of rotatable bonds is 4. The summed E-state index contributed by atoms with van der Waals surface area (Å²) in [6.07, 6.45) is -6.28. The van der Waals surface area contributed by atoms with Crippen LogP contribution >= 0.6 is 0 Å². The zero-order valence-electron chi connectivity index (χ0n) is 8.38. The van der Waals surface area contributed by atoms with Crippen molar-refractivity contribution in [2.45, 2.75) is 31.2 Å². The molecule has 0 aliphatic carbocycles. The SMILES string of the molecule is O=C(O)C(ONC1CCCNC1)C(F)(F)F. The van der Waals surface area contributed by atoms with Crippen molar-refractivity contribution in [3.05, 3.63) is 0 Å². The van der Waals surface area contributed by atoms with Gasteiger partial charge in [-0.25, -0.2) is 4.79 Å².